The molecule has 0 spiro atoms. The van der Waals surface area contributed by atoms with E-state index < -0.39 is 0 Å². The maximum atomic E-state index is 9.55. The average Bonchev–Trinajstić information content (AvgIpc) is 2.16. The predicted octanol–water partition coefficient (Wildman–Crippen LogP) is 2.16. The molecule has 0 aliphatic heterocycles. The highest BCUT2D eigenvalue weighted by Crippen LogP contribution is 2.17. The maximum Gasteiger partial charge on any atom is 0.144 e. The molecule has 1 atom stereocenters. The van der Waals surface area contributed by atoms with Crippen molar-refractivity contribution in [3.63, 3.8) is 0 Å². The Hall–Kier alpha value is -0.800. The third kappa shape index (κ3) is 3.16. The number of hydrogen-bond acceptors (Lipinski definition) is 3. The monoisotopic (exact) mass is 214 g/mol. The van der Waals surface area contributed by atoms with E-state index in [4.69, 9.17) is 11.6 Å². The molecule has 0 fully saturated rings. The first-order valence-electron chi connectivity index (χ1n) is 4.63. The average molecular weight is 215 g/mol. The fourth-order valence-corrected chi connectivity index (χ4v) is 1.14. The molecule has 1 aromatic heterocycles. The van der Waals surface area contributed by atoms with E-state index in [1.165, 1.54) is 0 Å². The van der Waals surface area contributed by atoms with Crippen molar-refractivity contribution in [1.29, 1.82) is 0 Å². The van der Waals surface area contributed by atoms with Gasteiger partial charge in [-0.2, -0.15) is 0 Å². The molecule has 0 aromatic carbocycles. The van der Waals surface area contributed by atoms with Crippen molar-refractivity contribution in [2.75, 3.05) is 11.9 Å². The van der Waals surface area contributed by atoms with Gasteiger partial charge in [-0.05, 0) is 18.1 Å². The molecule has 4 heteroatoms. The molecule has 0 aliphatic rings. The first-order valence-corrected chi connectivity index (χ1v) is 5.01. The molecule has 2 N–H and O–H groups in total. The Balaban J connectivity index is 2.50. The Labute approximate surface area is 89.1 Å². The Morgan fingerprint density at radius 3 is 2.86 bits per heavy atom. The zero-order chi connectivity index (χ0) is 10.6. The number of anilines is 1. The topological polar surface area (TPSA) is 45.1 Å². The third-order valence-corrected chi connectivity index (χ3v) is 2.31. The summed E-state index contributed by atoms with van der Waals surface area (Å²) in [5, 5.41) is 13.1. The standard InChI is InChI=1S/C10H15ClN2O/c1-7(2)9(14)6-13-10-8(11)4-3-5-12-10/h3-5,7,9,14H,6H2,1-2H3,(H,12,13). The van der Waals surface area contributed by atoms with Crippen molar-refractivity contribution in [2.45, 2.75) is 20.0 Å². The lowest BCUT2D eigenvalue weighted by Gasteiger charge is -2.15. The zero-order valence-corrected chi connectivity index (χ0v) is 9.12. The van der Waals surface area contributed by atoms with Crippen molar-refractivity contribution < 1.29 is 5.11 Å². The molecular weight excluding hydrogens is 200 g/mol. The minimum atomic E-state index is -0.381. The molecular formula is C10H15ClN2O. The molecule has 1 rings (SSSR count). The normalized spacial score (nSPS) is 12.9. The lowest BCUT2D eigenvalue weighted by molar-refractivity contribution is 0.138. The minimum Gasteiger partial charge on any atom is -0.391 e. The van der Waals surface area contributed by atoms with Crippen LogP contribution in [0.3, 0.4) is 0 Å². The van der Waals surface area contributed by atoms with Gasteiger partial charge in [0, 0.05) is 12.7 Å². The second-order valence-electron chi connectivity index (χ2n) is 3.53. The molecule has 78 valence electrons. The van der Waals surface area contributed by atoms with Crippen LogP contribution in [0.15, 0.2) is 18.3 Å². The summed E-state index contributed by atoms with van der Waals surface area (Å²) in [6.45, 7) is 4.40. The van der Waals surface area contributed by atoms with Gasteiger partial charge in [-0.25, -0.2) is 4.98 Å². The van der Waals surface area contributed by atoms with Crippen LogP contribution in [0.2, 0.25) is 5.02 Å². The van der Waals surface area contributed by atoms with Gasteiger partial charge in [-0.3, -0.25) is 0 Å². The lowest BCUT2D eigenvalue weighted by atomic mass is 10.1. The maximum absolute atomic E-state index is 9.55. The van der Waals surface area contributed by atoms with E-state index in [0.717, 1.165) is 0 Å². The van der Waals surface area contributed by atoms with Gasteiger partial charge in [0.1, 0.15) is 5.82 Å². The van der Waals surface area contributed by atoms with Crippen molar-refractivity contribution in [1.82, 2.24) is 4.98 Å². The number of nitrogens with zero attached hydrogens (tertiary/aromatic N) is 1. The Morgan fingerprint density at radius 2 is 2.29 bits per heavy atom. The Morgan fingerprint density at radius 1 is 1.57 bits per heavy atom. The summed E-state index contributed by atoms with van der Waals surface area (Å²) in [6, 6.07) is 3.53. The van der Waals surface area contributed by atoms with Crippen LogP contribution >= 0.6 is 11.6 Å². The summed E-state index contributed by atoms with van der Waals surface area (Å²) < 4.78 is 0. The molecule has 0 saturated heterocycles. The van der Waals surface area contributed by atoms with Gasteiger partial charge in [0.05, 0.1) is 11.1 Å². The largest absolute Gasteiger partial charge is 0.391 e. The summed E-state index contributed by atoms with van der Waals surface area (Å²) in [4.78, 5) is 4.06. The smallest absolute Gasteiger partial charge is 0.144 e. The van der Waals surface area contributed by atoms with Crippen LogP contribution in [-0.4, -0.2) is 22.7 Å². The number of aliphatic hydroxyl groups excluding tert-OH is 1. The fourth-order valence-electron chi connectivity index (χ4n) is 0.953. The first kappa shape index (κ1) is 11.3. The SMILES string of the molecule is CC(C)C(O)CNc1ncccc1Cl. The van der Waals surface area contributed by atoms with Crippen molar-refractivity contribution in [2.24, 2.45) is 5.92 Å². The van der Waals surface area contributed by atoms with Crippen LogP contribution in [0.1, 0.15) is 13.8 Å². The van der Waals surface area contributed by atoms with Crippen LogP contribution in [0, 0.1) is 5.92 Å². The summed E-state index contributed by atoms with van der Waals surface area (Å²) in [5.41, 5.74) is 0. The van der Waals surface area contributed by atoms with Gasteiger partial charge in [0.25, 0.3) is 0 Å². The van der Waals surface area contributed by atoms with Gasteiger partial charge >= 0.3 is 0 Å². The van der Waals surface area contributed by atoms with Gasteiger partial charge in [0.15, 0.2) is 0 Å². The highest BCUT2D eigenvalue weighted by molar-refractivity contribution is 6.32. The minimum absolute atomic E-state index is 0.227. The summed E-state index contributed by atoms with van der Waals surface area (Å²) in [6.07, 6.45) is 1.28. The molecule has 0 bridgehead atoms. The number of rotatable bonds is 4. The zero-order valence-electron chi connectivity index (χ0n) is 8.37. The number of nitrogens with one attached hydrogen (secondary N) is 1. The van der Waals surface area contributed by atoms with Crippen LogP contribution < -0.4 is 5.32 Å². The molecule has 0 amide bonds. The Bertz CT molecular complexity index is 291. The number of aliphatic hydroxyl groups is 1. The van der Waals surface area contributed by atoms with Gasteiger partial charge in [0.2, 0.25) is 0 Å². The molecule has 0 saturated carbocycles. The summed E-state index contributed by atoms with van der Waals surface area (Å²) >= 11 is 5.88. The molecule has 3 nitrogen and oxygen atoms in total. The number of pyridine rings is 1. The highest BCUT2D eigenvalue weighted by atomic mass is 35.5. The Kier molecular flexibility index (Phi) is 4.17. The van der Waals surface area contributed by atoms with Crippen LogP contribution in [0.5, 0.6) is 0 Å². The van der Waals surface area contributed by atoms with E-state index in [1.54, 1.807) is 18.3 Å². The quantitative estimate of drug-likeness (QED) is 0.808. The second-order valence-corrected chi connectivity index (χ2v) is 3.93. The van der Waals surface area contributed by atoms with Gasteiger partial charge < -0.3 is 10.4 Å². The van der Waals surface area contributed by atoms with E-state index in [9.17, 15) is 5.11 Å². The molecule has 1 heterocycles. The van der Waals surface area contributed by atoms with E-state index in [1.807, 2.05) is 13.8 Å². The second kappa shape index (κ2) is 5.17. The number of halogens is 1. The van der Waals surface area contributed by atoms with Gasteiger partial charge in [-0.1, -0.05) is 25.4 Å². The summed E-state index contributed by atoms with van der Waals surface area (Å²) in [7, 11) is 0. The van der Waals surface area contributed by atoms with Crippen molar-refractivity contribution in [3.05, 3.63) is 23.4 Å². The fraction of sp³-hybridized carbons (Fsp3) is 0.500. The molecule has 0 aliphatic carbocycles. The summed E-state index contributed by atoms with van der Waals surface area (Å²) in [5.74, 6) is 0.846. The number of hydrogen-bond donors (Lipinski definition) is 2. The molecule has 1 unspecified atom stereocenters. The van der Waals surface area contributed by atoms with Crippen LogP contribution in [0.4, 0.5) is 5.82 Å². The molecule has 14 heavy (non-hydrogen) atoms. The predicted molar refractivity (Wildman–Crippen MR) is 58.6 cm³/mol. The van der Waals surface area contributed by atoms with E-state index in [2.05, 4.69) is 10.3 Å². The van der Waals surface area contributed by atoms with Crippen molar-refractivity contribution >= 4 is 17.4 Å². The van der Waals surface area contributed by atoms with E-state index in [-0.39, 0.29) is 12.0 Å². The molecule has 1 aromatic rings. The number of aromatic nitrogens is 1. The van der Waals surface area contributed by atoms with Crippen LogP contribution in [-0.2, 0) is 0 Å². The van der Waals surface area contributed by atoms with Gasteiger partial charge in [-0.15, -0.1) is 0 Å². The molecule has 0 radical (unpaired) electrons. The van der Waals surface area contributed by atoms with E-state index in [0.29, 0.717) is 17.4 Å². The van der Waals surface area contributed by atoms with Crippen molar-refractivity contribution in [3.8, 4) is 0 Å². The van der Waals surface area contributed by atoms with E-state index >= 15 is 0 Å². The highest BCUT2D eigenvalue weighted by Gasteiger charge is 2.09. The lowest BCUT2D eigenvalue weighted by Crippen LogP contribution is -2.25. The first-order chi connectivity index (χ1) is 6.61. The van der Waals surface area contributed by atoms with Crippen LogP contribution in [0.25, 0.3) is 0 Å². The third-order valence-electron chi connectivity index (χ3n) is 2.01.